The Bertz CT molecular complexity index is 1250. The van der Waals surface area contributed by atoms with E-state index in [0.29, 0.717) is 6.54 Å². The number of rotatable bonds is 3. The van der Waals surface area contributed by atoms with E-state index in [1.54, 1.807) is 28.6 Å². The third-order valence-corrected chi connectivity index (χ3v) is 6.22. The van der Waals surface area contributed by atoms with Crippen LogP contribution in [0.15, 0.2) is 47.3 Å². The number of nitrogens with zero attached hydrogens (tertiary/aromatic N) is 2. The van der Waals surface area contributed by atoms with E-state index in [-0.39, 0.29) is 29.1 Å². The molecule has 9 heteroatoms. The Morgan fingerprint density at radius 2 is 1.97 bits per heavy atom. The van der Waals surface area contributed by atoms with Crippen LogP contribution in [0.4, 0.5) is 4.39 Å². The topological polar surface area (TPSA) is 107 Å². The molecule has 5 rings (SSSR count). The predicted octanol–water partition coefficient (Wildman–Crippen LogP) is 2.47. The zero-order valence-electron chi connectivity index (χ0n) is 18.5. The lowest BCUT2D eigenvalue weighted by atomic mass is 9.79. The van der Waals surface area contributed by atoms with Gasteiger partial charge in [0.2, 0.25) is 5.91 Å². The molecule has 3 N–H and O–H groups in total. The highest BCUT2D eigenvalue weighted by molar-refractivity contribution is 5.82. The number of carbonyl (C=O) groups is 2. The second-order valence-electron chi connectivity index (χ2n) is 8.69. The number of fused-ring (bicyclic) bond motifs is 5. The zero-order valence-corrected chi connectivity index (χ0v) is 18.5. The minimum Gasteiger partial charge on any atom is -0.481 e. The van der Waals surface area contributed by atoms with Crippen molar-refractivity contribution in [1.82, 2.24) is 19.8 Å². The summed E-state index contributed by atoms with van der Waals surface area (Å²) in [6.07, 6.45) is 0.909. The molecule has 1 amide bonds. The third kappa shape index (κ3) is 4.68. The molecule has 8 nitrogen and oxygen atoms in total. The monoisotopic (exact) mass is 454 g/mol. The first-order valence-corrected chi connectivity index (χ1v) is 10.9. The number of hydrogen-bond acceptors (Lipinski definition) is 4. The number of pyridine rings is 1. The molecular formula is C24H27FN4O4. The first-order chi connectivity index (χ1) is 15.7. The molecule has 1 aromatic carbocycles. The zero-order chi connectivity index (χ0) is 23.7. The van der Waals surface area contributed by atoms with Crippen molar-refractivity contribution in [2.45, 2.75) is 31.8 Å². The first-order valence-electron chi connectivity index (χ1n) is 10.9. The molecule has 0 unspecified atom stereocenters. The molecule has 174 valence electrons. The van der Waals surface area contributed by atoms with E-state index in [1.165, 1.54) is 18.2 Å². The van der Waals surface area contributed by atoms with Gasteiger partial charge in [-0.2, -0.15) is 0 Å². The number of benzene rings is 1. The number of aliphatic carboxylic acids is 1. The highest BCUT2D eigenvalue weighted by Gasteiger charge is 2.42. The number of nitrogens with one attached hydrogen (secondary N) is 2. The maximum atomic E-state index is 13.5. The molecule has 1 saturated heterocycles. The molecule has 3 aromatic rings. The summed E-state index contributed by atoms with van der Waals surface area (Å²) < 4.78 is 15.2. The van der Waals surface area contributed by atoms with Crippen LogP contribution >= 0.6 is 0 Å². The molecule has 2 aromatic heterocycles. The van der Waals surface area contributed by atoms with Crippen molar-refractivity contribution >= 4 is 22.8 Å². The summed E-state index contributed by atoms with van der Waals surface area (Å²) >= 11 is 0. The van der Waals surface area contributed by atoms with E-state index in [9.17, 15) is 14.0 Å². The van der Waals surface area contributed by atoms with Gasteiger partial charge < -0.3 is 20.3 Å². The molecule has 1 fully saturated rings. The number of piperidine rings is 1. The number of H-pyrrole nitrogens is 1. The van der Waals surface area contributed by atoms with Gasteiger partial charge in [0.1, 0.15) is 11.9 Å². The van der Waals surface area contributed by atoms with Gasteiger partial charge in [0.15, 0.2) is 0 Å². The number of aromatic nitrogens is 2. The Morgan fingerprint density at radius 1 is 1.21 bits per heavy atom. The third-order valence-electron chi connectivity index (χ3n) is 6.22. The molecule has 3 atom stereocenters. The Labute approximate surface area is 190 Å². The Hall–Kier alpha value is -3.46. The summed E-state index contributed by atoms with van der Waals surface area (Å²) in [4.78, 5) is 40.0. The summed E-state index contributed by atoms with van der Waals surface area (Å²) in [6, 6.07) is 11.2. The van der Waals surface area contributed by atoms with Crippen LogP contribution in [0.25, 0.3) is 10.9 Å². The summed E-state index contributed by atoms with van der Waals surface area (Å²) in [6.45, 7) is 3.02. The van der Waals surface area contributed by atoms with Gasteiger partial charge >= 0.3 is 0 Å². The largest absolute Gasteiger partial charge is 0.481 e. The van der Waals surface area contributed by atoms with Crippen LogP contribution in [-0.4, -0.2) is 51.6 Å². The van der Waals surface area contributed by atoms with Crippen LogP contribution in [0.3, 0.4) is 0 Å². The van der Waals surface area contributed by atoms with Gasteiger partial charge in [-0.3, -0.25) is 19.0 Å². The lowest BCUT2D eigenvalue weighted by molar-refractivity contribution is -0.137. The number of carbonyl (C=O) groups excluding carboxylic acids is 1. The normalized spacial score (nSPS) is 21.0. The van der Waals surface area contributed by atoms with E-state index >= 15 is 0 Å². The van der Waals surface area contributed by atoms with Gasteiger partial charge in [-0.25, -0.2) is 4.39 Å². The molecule has 2 aliphatic heterocycles. The molecule has 0 aliphatic carbocycles. The fraction of sp³-hybridized carbons (Fsp3) is 0.375. The van der Waals surface area contributed by atoms with E-state index < -0.39 is 12.0 Å². The number of hydrogen-bond donors (Lipinski definition) is 3. The Kier molecular flexibility index (Phi) is 6.33. The van der Waals surface area contributed by atoms with Crippen LogP contribution in [0.2, 0.25) is 0 Å². The second-order valence-corrected chi connectivity index (χ2v) is 8.69. The Morgan fingerprint density at radius 3 is 2.73 bits per heavy atom. The molecule has 2 bridgehead atoms. The van der Waals surface area contributed by atoms with Crippen molar-refractivity contribution in [2.24, 2.45) is 5.92 Å². The van der Waals surface area contributed by atoms with Crippen molar-refractivity contribution in [3.63, 3.8) is 0 Å². The van der Waals surface area contributed by atoms with Crippen molar-refractivity contribution in [3.05, 3.63) is 70.0 Å². The van der Waals surface area contributed by atoms with Crippen LogP contribution in [0.5, 0.6) is 0 Å². The fourth-order valence-corrected chi connectivity index (χ4v) is 4.92. The van der Waals surface area contributed by atoms with Crippen molar-refractivity contribution in [2.75, 3.05) is 20.1 Å². The number of carboxylic acid groups (broad SMARTS) is 1. The molecule has 0 radical (unpaired) electrons. The van der Waals surface area contributed by atoms with Crippen LogP contribution in [0, 0.1) is 11.7 Å². The van der Waals surface area contributed by atoms with Crippen molar-refractivity contribution in [1.29, 1.82) is 0 Å². The lowest BCUT2D eigenvalue weighted by Gasteiger charge is -2.43. The molecular weight excluding hydrogens is 427 g/mol. The number of amides is 1. The summed E-state index contributed by atoms with van der Waals surface area (Å²) in [7, 11) is 1.75. The maximum Gasteiger partial charge on any atom is 0.300 e. The summed E-state index contributed by atoms with van der Waals surface area (Å²) in [5.74, 6) is -0.838. The van der Waals surface area contributed by atoms with Gasteiger partial charge in [-0.15, -0.1) is 0 Å². The molecule has 0 spiro atoms. The van der Waals surface area contributed by atoms with Crippen LogP contribution in [0.1, 0.15) is 36.7 Å². The van der Waals surface area contributed by atoms with Gasteiger partial charge in [0, 0.05) is 67.3 Å². The first kappa shape index (κ1) is 22.7. The predicted molar refractivity (Wildman–Crippen MR) is 121 cm³/mol. The van der Waals surface area contributed by atoms with Crippen molar-refractivity contribution < 1.29 is 19.1 Å². The fourth-order valence-electron chi connectivity index (χ4n) is 4.92. The van der Waals surface area contributed by atoms with E-state index in [4.69, 9.17) is 9.90 Å². The van der Waals surface area contributed by atoms with Gasteiger partial charge in [-0.05, 0) is 36.8 Å². The summed E-state index contributed by atoms with van der Waals surface area (Å²) in [5.41, 5.74) is 2.49. The molecule has 33 heavy (non-hydrogen) atoms. The van der Waals surface area contributed by atoms with Crippen molar-refractivity contribution in [3.8, 4) is 0 Å². The van der Waals surface area contributed by atoms with E-state index in [1.807, 2.05) is 12.1 Å². The van der Waals surface area contributed by atoms with Gasteiger partial charge in [0.25, 0.3) is 11.5 Å². The SMILES string of the molecule is CC(=O)O.CN(Cc1cc2cc(F)ccc2[nH]1)C(=O)[C@H]1[C@@H]2CNC[C@@H](C2)c2cccc(=O)n21. The number of halogens is 1. The average Bonchev–Trinajstić information content (AvgIpc) is 3.15. The number of likely N-dealkylation sites (N-methyl/N-ethyl adjacent to an activating group) is 1. The lowest BCUT2D eigenvalue weighted by Crippen LogP contribution is -2.52. The maximum absolute atomic E-state index is 13.5. The van der Waals surface area contributed by atoms with Gasteiger partial charge in [-0.1, -0.05) is 6.07 Å². The number of carboxylic acids is 1. The Balaban J connectivity index is 0.000000601. The summed E-state index contributed by atoms with van der Waals surface area (Å²) in [5, 5.41) is 11.6. The average molecular weight is 455 g/mol. The van der Waals surface area contributed by atoms with E-state index in [0.717, 1.165) is 48.7 Å². The standard InChI is InChI=1S/C22H23FN4O2.C2H4O2/c1-26(12-17-9-13-8-16(23)5-6-18(13)25-17)22(29)21-15-7-14(10-24-11-15)19-3-2-4-20(28)27(19)21;1-2(3)4/h2-6,8-9,14-15,21,24-25H,7,10-12H2,1H3;1H3,(H,3,4)/t14-,15+,21-;/m1./s1. The van der Waals surface area contributed by atoms with E-state index in [2.05, 4.69) is 10.3 Å². The number of aromatic amines is 1. The van der Waals surface area contributed by atoms with Crippen LogP contribution in [-0.2, 0) is 16.1 Å². The smallest absolute Gasteiger partial charge is 0.300 e. The van der Waals surface area contributed by atoms with Crippen LogP contribution < -0.4 is 10.9 Å². The highest BCUT2D eigenvalue weighted by atomic mass is 19.1. The quantitative estimate of drug-likeness (QED) is 0.564. The second kappa shape index (κ2) is 9.19. The molecule has 0 saturated carbocycles. The molecule has 2 aliphatic rings. The minimum absolute atomic E-state index is 0.0727. The molecule has 4 heterocycles. The highest BCUT2D eigenvalue weighted by Crippen LogP contribution is 2.39. The van der Waals surface area contributed by atoms with Gasteiger partial charge in [0.05, 0.1) is 6.54 Å². The minimum atomic E-state index is -0.833.